The zero-order valence-corrected chi connectivity index (χ0v) is 14.7. The average molecular weight is 345 g/mol. The molecule has 1 fully saturated rings. The number of piperidine rings is 1. The van der Waals surface area contributed by atoms with Gasteiger partial charge >= 0.3 is 0 Å². The summed E-state index contributed by atoms with van der Waals surface area (Å²) in [4.78, 5) is 14.5. The summed E-state index contributed by atoms with van der Waals surface area (Å²) in [5.41, 5.74) is 1.57. The highest BCUT2D eigenvalue weighted by Crippen LogP contribution is 2.22. The van der Waals surface area contributed by atoms with E-state index in [1.807, 2.05) is 11.0 Å². The summed E-state index contributed by atoms with van der Waals surface area (Å²) in [7, 11) is 1.81. The van der Waals surface area contributed by atoms with Crippen LogP contribution in [0.1, 0.15) is 42.4 Å². The lowest BCUT2D eigenvalue weighted by atomic mass is 10.1. The van der Waals surface area contributed by atoms with E-state index in [0.717, 1.165) is 18.5 Å². The third-order valence-corrected chi connectivity index (χ3v) is 4.52. The van der Waals surface area contributed by atoms with Gasteiger partial charge in [0.15, 0.2) is 11.6 Å². The average Bonchev–Trinajstić information content (AvgIpc) is 2.98. The van der Waals surface area contributed by atoms with Gasteiger partial charge < -0.3 is 9.64 Å². The molecule has 0 aliphatic carbocycles. The monoisotopic (exact) mass is 345 g/mol. The molecule has 5 nitrogen and oxygen atoms in total. The normalized spacial score (nSPS) is 15.4. The van der Waals surface area contributed by atoms with Crippen LogP contribution in [-0.4, -0.2) is 39.8 Å². The number of ether oxygens (including phenoxy) is 1. The summed E-state index contributed by atoms with van der Waals surface area (Å²) in [5.74, 6) is -0.0656. The molecule has 6 heteroatoms. The van der Waals surface area contributed by atoms with Crippen LogP contribution in [-0.2, 0) is 13.5 Å². The lowest BCUT2D eigenvalue weighted by Crippen LogP contribution is -2.42. The minimum atomic E-state index is -0.348. The number of halogens is 1. The van der Waals surface area contributed by atoms with Gasteiger partial charge in [0.05, 0.1) is 5.69 Å². The second kappa shape index (κ2) is 7.68. The van der Waals surface area contributed by atoms with Crippen molar-refractivity contribution in [3.63, 3.8) is 0 Å². The highest BCUT2D eigenvalue weighted by Gasteiger charge is 2.27. The molecule has 0 saturated carbocycles. The van der Waals surface area contributed by atoms with E-state index < -0.39 is 0 Å². The highest BCUT2D eigenvalue weighted by molar-refractivity contribution is 5.92. The maximum Gasteiger partial charge on any atom is 0.272 e. The number of hydrogen-bond acceptors (Lipinski definition) is 3. The quantitative estimate of drug-likeness (QED) is 0.836. The third-order valence-electron chi connectivity index (χ3n) is 4.52. The number of aryl methyl sites for hydroxylation is 2. The molecule has 2 aromatic rings. The summed E-state index contributed by atoms with van der Waals surface area (Å²) in [5, 5.41) is 4.40. The van der Waals surface area contributed by atoms with Crippen molar-refractivity contribution in [2.24, 2.45) is 7.05 Å². The van der Waals surface area contributed by atoms with Crippen molar-refractivity contribution in [1.29, 1.82) is 0 Å². The molecule has 0 spiro atoms. The molecule has 1 aliphatic heterocycles. The summed E-state index contributed by atoms with van der Waals surface area (Å²) in [6.45, 7) is 3.30. The largest absolute Gasteiger partial charge is 0.487 e. The van der Waals surface area contributed by atoms with Gasteiger partial charge in [-0.15, -0.1) is 0 Å². The number of carbonyl (C=O) groups excluding carboxylic acids is 1. The van der Waals surface area contributed by atoms with E-state index in [9.17, 15) is 9.18 Å². The SMILES string of the molecule is CCCc1cc(C(=O)N2CCC(Oc3ccccc3F)CC2)n(C)n1. The molecule has 1 aliphatic rings. The van der Waals surface area contributed by atoms with Gasteiger partial charge in [-0.25, -0.2) is 4.39 Å². The molecule has 0 unspecified atom stereocenters. The Hall–Kier alpha value is -2.37. The first kappa shape index (κ1) is 17.5. The minimum absolute atomic E-state index is 0.00157. The van der Waals surface area contributed by atoms with E-state index in [1.54, 1.807) is 29.9 Å². The molecule has 0 bridgehead atoms. The topological polar surface area (TPSA) is 47.4 Å². The Morgan fingerprint density at radius 2 is 2.04 bits per heavy atom. The molecule has 0 radical (unpaired) electrons. The Labute approximate surface area is 147 Å². The van der Waals surface area contributed by atoms with Crippen LogP contribution < -0.4 is 4.74 Å². The highest BCUT2D eigenvalue weighted by atomic mass is 19.1. The fourth-order valence-corrected chi connectivity index (χ4v) is 3.16. The number of carbonyl (C=O) groups is 1. The summed E-state index contributed by atoms with van der Waals surface area (Å²) in [6, 6.07) is 8.31. The standard InChI is InChI=1S/C19H24FN3O2/c1-3-6-14-13-17(22(2)21-14)19(24)23-11-9-15(10-12-23)25-18-8-5-4-7-16(18)20/h4-5,7-8,13,15H,3,6,9-12H2,1-2H3. The maximum absolute atomic E-state index is 13.7. The molecule has 134 valence electrons. The molecule has 1 aromatic carbocycles. The summed E-state index contributed by atoms with van der Waals surface area (Å²) in [6.07, 6.45) is 3.20. The molecule has 3 rings (SSSR count). The predicted molar refractivity (Wildman–Crippen MR) is 93.2 cm³/mol. The Morgan fingerprint density at radius 3 is 2.72 bits per heavy atom. The van der Waals surface area contributed by atoms with Crippen molar-refractivity contribution in [3.8, 4) is 5.75 Å². The van der Waals surface area contributed by atoms with Crippen molar-refractivity contribution < 1.29 is 13.9 Å². The number of likely N-dealkylation sites (tertiary alicyclic amines) is 1. The van der Waals surface area contributed by atoms with Gasteiger partial charge in [-0.1, -0.05) is 25.5 Å². The van der Waals surface area contributed by atoms with Gasteiger partial charge in [-0.2, -0.15) is 5.10 Å². The summed E-state index contributed by atoms with van der Waals surface area (Å²) < 4.78 is 21.1. The van der Waals surface area contributed by atoms with Crippen LogP contribution in [0.25, 0.3) is 0 Å². The van der Waals surface area contributed by atoms with Crippen molar-refractivity contribution in [2.75, 3.05) is 13.1 Å². The second-order valence-corrected chi connectivity index (χ2v) is 6.43. The van der Waals surface area contributed by atoms with Crippen LogP contribution in [0.2, 0.25) is 0 Å². The van der Waals surface area contributed by atoms with Crippen LogP contribution in [0.3, 0.4) is 0 Å². The first-order valence-electron chi connectivity index (χ1n) is 8.82. The minimum Gasteiger partial charge on any atom is -0.487 e. The zero-order chi connectivity index (χ0) is 17.8. The molecular weight excluding hydrogens is 321 g/mol. The van der Waals surface area contributed by atoms with Crippen molar-refractivity contribution >= 4 is 5.91 Å². The molecule has 1 aromatic heterocycles. The molecule has 1 amide bonds. The smallest absolute Gasteiger partial charge is 0.272 e. The van der Waals surface area contributed by atoms with Gasteiger partial charge in [0, 0.05) is 33.0 Å². The van der Waals surface area contributed by atoms with Crippen molar-refractivity contribution in [3.05, 3.63) is 47.5 Å². The fourth-order valence-electron chi connectivity index (χ4n) is 3.16. The lowest BCUT2D eigenvalue weighted by molar-refractivity contribution is 0.0578. The number of hydrogen-bond donors (Lipinski definition) is 0. The van der Waals surface area contributed by atoms with Gasteiger partial charge in [-0.05, 0) is 24.6 Å². The number of benzene rings is 1. The van der Waals surface area contributed by atoms with Gasteiger partial charge in [0.25, 0.3) is 5.91 Å². The van der Waals surface area contributed by atoms with Crippen LogP contribution in [0.5, 0.6) is 5.75 Å². The number of aromatic nitrogens is 2. The molecule has 2 heterocycles. The Morgan fingerprint density at radius 1 is 1.32 bits per heavy atom. The maximum atomic E-state index is 13.7. The molecule has 25 heavy (non-hydrogen) atoms. The molecule has 0 N–H and O–H groups in total. The van der Waals surface area contributed by atoms with Crippen LogP contribution in [0.4, 0.5) is 4.39 Å². The Bertz CT molecular complexity index is 736. The van der Waals surface area contributed by atoms with E-state index in [4.69, 9.17) is 4.74 Å². The predicted octanol–water partition coefficient (Wildman–Crippen LogP) is 3.20. The fraction of sp³-hybridized carbons (Fsp3) is 0.474. The lowest BCUT2D eigenvalue weighted by Gasteiger charge is -2.32. The zero-order valence-electron chi connectivity index (χ0n) is 14.7. The van der Waals surface area contributed by atoms with E-state index in [2.05, 4.69) is 12.0 Å². The van der Waals surface area contributed by atoms with Crippen molar-refractivity contribution in [2.45, 2.75) is 38.7 Å². The van der Waals surface area contributed by atoms with Gasteiger partial charge in [0.1, 0.15) is 11.8 Å². The molecule has 1 saturated heterocycles. The number of nitrogens with zero attached hydrogens (tertiary/aromatic N) is 3. The van der Waals surface area contributed by atoms with E-state index in [-0.39, 0.29) is 23.6 Å². The first-order valence-corrected chi connectivity index (χ1v) is 8.82. The second-order valence-electron chi connectivity index (χ2n) is 6.43. The molecular formula is C19H24FN3O2. The first-order chi connectivity index (χ1) is 12.1. The van der Waals surface area contributed by atoms with Crippen LogP contribution in [0, 0.1) is 5.82 Å². The van der Waals surface area contributed by atoms with E-state index in [1.165, 1.54) is 6.07 Å². The number of para-hydroxylation sites is 1. The van der Waals surface area contributed by atoms with Crippen molar-refractivity contribution in [1.82, 2.24) is 14.7 Å². The summed E-state index contributed by atoms with van der Waals surface area (Å²) >= 11 is 0. The third kappa shape index (κ3) is 4.00. The van der Waals surface area contributed by atoms with E-state index in [0.29, 0.717) is 31.6 Å². The Balaban J connectivity index is 1.58. The number of amides is 1. The van der Waals surface area contributed by atoms with Gasteiger partial charge in [0.2, 0.25) is 0 Å². The van der Waals surface area contributed by atoms with E-state index >= 15 is 0 Å². The van der Waals surface area contributed by atoms with Crippen LogP contribution >= 0.6 is 0 Å². The van der Waals surface area contributed by atoms with Gasteiger partial charge in [-0.3, -0.25) is 9.48 Å². The Kier molecular flexibility index (Phi) is 5.36. The molecule has 0 atom stereocenters. The van der Waals surface area contributed by atoms with Crippen LogP contribution in [0.15, 0.2) is 30.3 Å². The number of rotatable bonds is 5.